The van der Waals surface area contributed by atoms with Gasteiger partial charge >= 0.3 is 6.03 Å². The van der Waals surface area contributed by atoms with Gasteiger partial charge in [-0.1, -0.05) is 50.6 Å². The molecule has 0 saturated carbocycles. The van der Waals surface area contributed by atoms with Gasteiger partial charge in [0.2, 0.25) is 0 Å². The number of urea groups is 1. The summed E-state index contributed by atoms with van der Waals surface area (Å²) >= 11 is 5.98. The third kappa shape index (κ3) is 4.73. The Bertz CT molecular complexity index is 971. The van der Waals surface area contributed by atoms with E-state index in [9.17, 15) is 4.79 Å². The Kier molecular flexibility index (Phi) is 5.75. The smallest absolute Gasteiger partial charge is 0.308 e. The van der Waals surface area contributed by atoms with Crippen LogP contribution in [-0.2, 0) is 11.3 Å². The van der Waals surface area contributed by atoms with Crippen LogP contribution < -0.4 is 10.6 Å². The Morgan fingerprint density at radius 3 is 2.43 bits per heavy atom. The number of nitrogens with one attached hydrogen (secondary N) is 2. The van der Waals surface area contributed by atoms with E-state index in [-0.39, 0.29) is 11.4 Å². The molecule has 2 N–H and O–H groups in total. The highest BCUT2D eigenvalue weighted by Crippen LogP contribution is 2.27. The highest BCUT2D eigenvalue weighted by atomic mass is 35.5. The fraction of sp³-hybridized carbons (Fsp3) is 0.273. The van der Waals surface area contributed by atoms with Crippen LogP contribution in [-0.4, -0.2) is 15.8 Å². The molecule has 1 aromatic heterocycles. The highest BCUT2D eigenvalue weighted by molar-refractivity contribution is 6.17. The van der Waals surface area contributed by atoms with Crippen LogP contribution in [0.2, 0.25) is 0 Å². The molecule has 0 aliphatic heterocycles. The van der Waals surface area contributed by atoms with Gasteiger partial charge in [0.25, 0.3) is 0 Å². The maximum atomic E-state index is 12.5. The monoisotopic (exact) mass is 396 g/mol. The average molecular weight is 397 g/mol. The Hall–Kier alpha value is -2.79. The zero-order valence-corrected chi connectivity index (χ0v) is 17.3. The van der Waals surface area contributed by atoms with E-state index in [1.807, 2.05) is 61.5 Å². The van der Waals surface area contributed by atoms with Gasteiger partial charge in [0.05, 0.1) is 11.4 Å². The third-order valence-electron chi connectivity index (χ3n) is 4.34. The number of halogens is 1. The minimum absolute atomic E-state index is 0.154. The van der Waals surface area contributed by atoms with Gasteiger partial charge in [-0.2, -0.15) is 5.10 Å². The van der Waals surface area contributed by atoms with E-state index in [0.717, 1.165) is 28.2 Å². The lowest BCUT2D eigenvalue weighted by atomic mass is 9.92. The van der Waals surface area contributed by atoms with Gasteiger partial charge in [0.15, 0.2) is 0 Å². The van der Waals surface area contributed by atoms with Crippen LogP contribution in [0.1, 0.15) is 37.6 Å². The molecule has 0 radical (unpaired) electrons. The summed E-state index contributed by atoms with van der Waals surface area (Å²) in [5, 5.41) is 10.5. The third-order valence-corrected chi connectivity index (χ3v) is 4.65. The van der Waals surface area contributed by atoms with Gasteiger partial charge in [-0.15, -0.1) is 11.6 Å². The summed E-state index contributed by atoms with van der Waals surface area (Å²) in [5.41, 5.74) is 4.43. The van der Waals surface area contributed by atoms with Crippen LogP contribution >= 0.6 is 11.6 Å². The largest absolute Gasteiger partial charge is 0.324 e. The van der Waals surface area contributed by atoms with Gasteiger partial charge in [-0.3, -0.25) is 5.32 Å². The topological polar surface area (TPSA) is 59.0 Å². The molecule has 0 saturated heterocycles. The summed E-state index contributed by atoms with van der Waals surface area (Å²) < 4.78 is 1.74. The number of carbonyl (C=O) groups is 1. The number of aromatic nitrogens is 2. The minimum atomic E-state index is -0.320. The Labute approximate surface area is 170 Å². The van der Waals surface area contributed by atoms with Crippen LogP contribution in [0, 0.1) is 6.92 Å². The fourth-order valence-corrected chi connectivity index (χ4v) is 2.89. The van der Waals surface area contributed by atoms with E-state index in [2.05, 4.69) is 31.4 Å². The molecule has 3 rings (SSSR count). The average Bonchev–Trinajstić information content (AvgIpc) is 3.08. The van der Waals surface area contributed by atoms with Crippen molar-refractivity contribution in [2.75, 3.05) is 10.6 Å². The molecule has 6 heteroatoms. The van der Waals surface area contributed by atoms with Crippen molar-refractivity contribution in [3.05, 3.63) is 71.4 Å². The lowest BCUT2D eigenvalue weighted by Gasteiger charge is -2.14. The Morgan fingerprint density at radius 1 is 1.07 bits per heavy atom. The molecule has 2 amide bonds. The second kappa shape index (κ2) is 8.07. The number of anilines is 2. The molecule has 0 unspecified atom stereocenters. The zero-order chi connectivity index (χ0) is 20.3. The Balaban J connectivity index is 1.91. The summed E-state index contributed by atoms with van der Waals surface area (Å²) in [7, 11) is 0. The van der Waals surface area contributed by atoms with Crippen molar-refractivity contribution in [3.63, 3.8) is 0 Å². The molecule has 2 aromatic carbocycles. The molecule has 146 valence electrons. The first-order valence-electron chi connectivity index (χ1n) is 9.17. The first kappa shape index (κ1) is 20.0. The first-order chi connectivity index (χ1) is 13.3. The molecule has 28 heavy (non-hydrogen) atoms. The number of aryl methyl sites for hydroxylation is 1. The van der Waals surface area contributed by atoms with E-state index in [1.54, 1.807) is 4.68 Å². The lowest BCUT2D eigenvalue weighted by molar-refractivity contribution is 0.262. The maximum absolute atomic E-state index is 12.5. The van der Waals surface area contributed by atoms with Crippen LogP contribution in [0.25, 0.3) is 5.69 Å². The molecule has 0 aliphatic carbocycles. The van der Waals surface area contributed by atoms with Gasteiger partial charge in [-0.05, 0) is 36.8 Å². The van der Waals surface area contributed by atoms with Gasteiger partial charge < -0.3 is 5.32 Å². The minimum Gasteiger partial charge on any atom is -0.308 e. The molecular weight excluding hydrogens is 372 g/mol. The predicted octanol–water partition coefficient (Wildman–Crippen LogP) is 5.86. The van der Waals surface area contributed by atoms with E-state index >= 15 is 0 Å². The van der Waals surface area contributed by atoms with Crippen LogP contribution in [0.15, 0.2) is 54.6 Å². The first-order valence-corrected chi connectivity index (χ1v) is 9.70. The highest BCUT2D eigenvalue weighted by Gasteiger charge is 2.21. The van der Waals surface area contributed by atoms with Gasteiger partial charge in [-0.25, -0.2) is 9.48 Å². The van der Waals surface area contributed by atoms with Crippen molar-refractivity contribution >= 4 is 29.1 Å². The van der Waals surface area contributed by atoms with Crippen molar-refractivity contribution in [1.29, 1.82) is 0 Å². The van der Waals surface area contributed by atoms with Crippen LogP contribution in [0.5, 0.6) is 0 Å². The van der Waals surface area contributed by atoms with Gasteiger partial charge in [0, 0.05) is 23.0 Å². The van der Waals surface area contributed by atoms with E-state index in [1.165, 1.54) is 0 Å². The molecule has 5 nitrogen and oxygen atoms in total. The molecule has 0 fully saturated rings. The molecular formula is C22H25ClN4O. The predicted molar refractivity (Wildman–Crippen MR) is 116 cm³/mol. The number of amides is 2. The van der Waals surface area contributed by atoms with Crippen molar-refractivity contribution < 1.29 is 4.79 Å². The zero-order valence-electron chi connectivity index (χ0n) is 16.6. The molecule has 3 aromatic rings. The summed E-state index contributed by atoms with van der Waals surface area (Å²) in [6.07, 6.45) is 0. The van der Waals surface area contributed by atoms with E-state index in [4.69, 9.17) is 16.7 Å². The molecule has 0 bridgehead atoms. The van der Waals surface area contributed by atoms with E-state index in [0.29, 0.717) is 11.7 Å². The molecule has 0 spiro atoms. The normalized spacial score (nSPS) is 11.3. The van der Waals surface area contributed by atoms with Crippen LogP contribution in [0.4, 0.5) is 16.3 Å². The lowest BCUT2D eigenvalue weighted by Crippen LogP contribution is -2.21. The number of hydrogen-bond donors (Lipinski definition) is 2. The number of hydrogen-bond acceptors (Lipinski definition) is 2. The summed E-state index contributed by atoms with van der Waals surface area (Å²) in [6.45, 7) is 8.27. The standard InChI is InChI=1S/C22H25ClN4O/c1-15-8-10-17(11-9-15)24-21(28)25-20-13-19(22(2,3)4)26-27(20)18-7-5-6-16(12-18)14-23/h5-13H,14H2,1-4H3,(H2,24,25,28). The summed E-state index contributed by atoms with van der Waals surface area (Å²) in [5.74, 6) is 1.01. The van der Waals surface area contributed by atoms with E-state index < -0.39 is 0 Å². The number of benzene rings is 2. The summed E-state index contributed by atoms with van der Waals surface area (Å²) in [4.78, 5) is 12.5. The second-order valence-electron chi connectivity index (χ2n) is 7.83. The Morgan fingerprint density at radius 2 is 1.79 bits per heavy atom. The summed E-state index contributed by atoms with van der Waals surface area (Å²) in [6, 6.07) is 17.0. The molecule has 0 atom stereocenters. The van der Waals surface area contributed by atoms with Crippen molar-refractivity contribution in [3.8, 4) is 5.69 Å². The fourth-order valence-electron chi connectivity index (χ4n) is 2.72. The van der Waals surface area contributed by atoms with Crippen molar-refractivity contribution in [2.24, 2.45) is 0 Å². The van der Waals surface area contributed by atoms with Gasteiger partial charge in [0.1, 0.15) is 5.82 Å². The molecule has 1 heterocycles. The maximum Gasteiger partial charge on any atom is 0.324 e. The van der Waals surface area contributed by atoms with Crippen molar-refractivity contribution in [1.82, 2.24) is 9.78 Å². The van der Waals surface area contributed by atoms with Crippen LogP contribution in [0.3, 0.4) is 0 Å². The number of rotatable bonds is 4. The second-order valence-corrected chi connectivity index (χ2v) is 8.09. The number of alkyl halides is 1. The number of nitrogens with zero attached hydrogens (tertiary/aromatic N) is 2. The quantitative estimate of drug-likeness (QED) is 0.542. The number of carbonyl (C=O) groups excluding carboxylic acids is 1. The SMILES string of the molecule is Cc1ccc(NC(=O)Nc2cc(C(C)(C)C)nn2-c2cccc(CCl)c2)cc1. The molecule has 0 aliphatic rings. The van der Waals surface area contributed by atoms with Crippen molar-refractivity contribution in [2.45, 2.75) is 39.0 Å².